The van der Waals surface area contributed by atoms with E-state index in [0.29, 0.717) is 6.04 Å². The van der Waals surface area contributed by atoms with Crippen molar-refractivity contribution in [2.24, 2.45) is 5.92 Å². The lowest BCUT2D eigenvalue weighted by atomic mass is 9.84. The summed E-state index contributed by atoms with van der Waals surface area (Å²) < 4.78 is 0. The summed E-state index contributed by atoms with van der Waals surface area (Å²) in [5, 5.41) is 6.66. The van der Waals surface area contributed by atoms with Crippen molar-refractivity contribution in [3.05, 3.63) is 11.9 Å². The SMILES string of the molecule is CNc1ncnc(NC(C)C2CCCCC2)c1C. The van der Waals surface area contributed by atoms with Crippen LogP contribution in [-0.4, -0.2) is 23.1 Å². The Morgan fingerprint density at radius 3 is 2.50 bits per heavy atom. The van der Waals surface area contributed by atoms with Crippen molar-refractivity contribution in [1.29, 1.82) is 0 Å². The zero-order valence-electron chi connectivity index (χ0n) is 11.7. The molecule has 0 spiro atoms. The second kappa shape index (κ2) is 6.03. The van der Waals surface area contributed by atoms with Gasteiger partial charge < -0.3 is 10.6 Å². The molecule has 4 heteroatoms. The first-order valence-electron chi connectivity index (χ1n) is 6.98. The summed E-state index contributed by atoms with van der Waals surface area (Å²) in [6.45, 7) is 4.33. The second-order valence-electron chi connectivity index (χ2n) is 5.28. The molecule has 1 heterocycles. The number of anilines is 2. The summed E-state index contributed by atoms with van der Waals surface area (Å²) in [6, 6.07) is 0.489. The molecule has 1 fully saturated rings. The molecule has 2 rings (SSSR count). The summed E-state index contributed by atoms with van der Waals surface area (Å²) in [7, 11) is 1.89. The Hall–Kier alpha value is -1.32. The number of rotatable bonds is 4. The predicted octanol–water partition coefficient (Wildman–Crippen LogP) is 3.21. The Balaban J connectivity index is 2.04. The summed E-state index contributed by atoms with van der Waals surface area (Å²) >= 11 is 0. The number of nitrogens with zero attached hydrogens (tertiary/aromatic N) is 2. The topological polar surface area (TPSA) is 49.8 Å². The Morgan fingerprint density at radius 1 is 1.17 bits per heavy atom. The highest BCUT2D eigenvalue weighted by atomic mass is 15.1. The average Bonchev–Trinajstić information content (AvgIpc) is 2.42. The molecular formula is C14H24N4. The van der Waals surface area contributed by atoms with Gasteiger partial charge in [-0.15, -0.1) is 0 Å². The van der Waals surface area contributed by atoms with Crippen LogP contribution >= 0.6 is 0 Å². The van der Waals surface area contributed by atoms with Crippen molar-refractivity contribution in [2.75, 3.05) is 17.7 Å². The van der Waals surface area contributed by atoms with E-state index in [1.807, 2.05) is 7.05 Å². The van der Waals surface area contributed by atoms with E-state index in [1.54, 1.807) is 6.33 Å². The van der Waals surface area contributed by atoms with Crippen LogP contribution in [0.5, 0.6) is 0 Å². The first-order chi connectivity index (χ1) is 8.72. The maximum absolute atomic E-state index is 4.36. The van der Waals surface area contributed by atoms with Gasteiger partial charge in [-0.1, -0.05) is 19.3 Å². The van der Waals surface area contributed by atoms with Gasteiger partial charge in [0.2, 0.25) is 0 Å². The van der Waals surface area contributed by atoms with Crippen LogP contribution in [0.25, 0.3) is 0 Å². The quantitative estimate of drug-likeness (QED) is 0.859. The standard InChI is InChI=1S/C14H24N4/c1-10-13(15-3)16-9-17-14(10)18-11(2)12-7-5-4-6-8-12/h9,11-12H,4-8H2,1-3H3,(H2,15,16,17,18). The zero-order valence-corrected chi connectivity index (χ0v) is 11.7. The zero-order chi connectivity index (χ0) is 13.0. The van der Waals surface area contributed by atoms with E-state index < -0.39 is 0 Å². The molecule has 1 atom stereocenters. The Morgan fingerprint density at radius 2 is 1.83 bits per heavy atom. The smallest absolute Gasteiger partial charge is 0.134 e. The number of hydrogen-bond acceptors (Lipinski definition) is 4. The van der Waals surface area contributed by atoms with Gasteiger partial charge in [-0.2, -0.15) is 0 Å². The third kappa shape index (κ3) is 2.92. The first-order valence-corrected chi connectivity index (χ1v) is 6.98. The van der Waals surface area contributed by atoms with Gasteiger partial charge in [-0.25, -0.2) is 9.97 Å². The fourth-order valence-corrected chi connectivity index (χ4v) is 2.82. The van der Waals surface area contributed by atoms with Crippen LogP contribution in [0.2, 0.25) is 0 Å². The molecule has 0 radical (unpaired) electrons. The van der Waals surface area contributed by atoms with E-state index in [-0.39, 0.29) is 0 Å². The highest BCUT2D eigenvalue weighted by molar-refractivity contribution is 5.56. The highest BCUT2D eigenvalue weighted by Gasteiger charge is 2.20. The molecule has 0 amide bonds. The fourth-order valence-electron chi connectivity index (χ4n) is 2.82. The van der Waals surface area contributed by atoms with Crippen molar-refractivity contribution in [3.63, 3.8) is 0 Å². The average molecular weight is 248 g/mol. The van der Waals surface area contributed by atoms with Crippen LogP contribution in [0.3, 0.4) is 0 Å². The van der Waals surface area contributed by atoms with Gasteiger partial charge in [0, 0.05) is 18.7 Å². The van der Waals surface area contributed by atoms with Crippen LogP contribution < -0.4 is 10.6 Å². The lowest BCUT2D eigenvalue weighted by Gasteiger charge is -2.29. The van der Waals surface area contributed by atoms with Crippen molar-refractivity contribution in [3.8, 4) is 0 Å². The van der Waals surface area contributed by atoms with Crippen LogP contribution in [0.1, 0.15) is 44.6 Å². The van der Waals surface area contributed by atoms with Gasteiger partial charge in [0.05, 0.1) is 0 Å². The maximum Gasteiger partial charge on any atom is 0.134 e. The molecule has 1 aliphatic rings. The Bertz CT molecular complexity index is 385. The first kappa shape index (κ1) is 13.1. The molecule has 1 aromatic heterocycles. The molecule has 4 nitrogen and oxygen atoms in total. The third-order valence-electron chi connectivity index (χ3n) is 4.04. The number of aromatic nitrogens is 2. The van der Waals surface area contributed by atoms with Crippen LogP contribution in [0, 0.1) is 12.8 Å². The maximum atomic E-state index is 4.36. The van der Waals surface area contributed by atoms with E-state index in [4.69, 9.17) is 0 Å². The number of nitrogens with one attached hydrogen (secondary N) is 2. The summed E-state index contributed by atoms with van der Waals surface area (Å²) in [5.41, 5.74) is 1.10. The molecule has 0 aromatic carbocycles. The van der Waals surface area contributed by atoms with E-state index in [2.05, 4.69) is 34.4 Å². The Labute approximate surface area is 110 Å². The molecule has 100 valence electrons. The molecule has 1 aliphatic carbocycles. The van der Waals surface area contributed by atoms with Gasteiger partial charge in [-0.05, 0) is 32.6 Å². The minimum atomic E-state index is 0.489. The third-order valence-corrected chi connectivity index (χ3v) is 4.04. The molecule has 1 aromatic rings. The van der Waals surface area contributed by atoms with Crippen LogP contribution in [0.4, 0.5) is 11.6 Å². The largest absolute Gasteiger partial charge is 0.373 e. The second-order valence-corrected chi connectivity index (χ2v) is 5.28. The van der Waals surface area contributed by atoms with E-state index >= 15 is 0 Å². The van der Waals surface area contributed by atoms with Gasteiger partial charge in [0.25, 0.3) is 0 Å². The van der Waals surface area contributed by atoms with Crippen LogP contribution in [-0.2, 0) is 0 Å². The van der Waals surface area contributed by atoms with Gasteiger partial charge in [-0.3, -0.25) is 0 Å². The predicted molar refractivity (Wildman–Crippen MR) is 76.0 cm³/mol. The minimum Gasteiger partial charge on any atom is -0.373 e. The lowest BCUT2D eigenvalue weighted by Crippen LogP contribution is -2.28. The van der Waals surface area contributed by atoms with Crippen molar-refractivity contribution >= 4 is 11.6 Å². The Kier molecular flexibility index (Phi) is 4.39. The molecule has 0 saturated heterocycles. The number of hydrogen-bond donors (Lipinski definition) is 2. The molecule has 0 bridgehead atoms. The monoisotopic (exact) mass is 248 g/mol. The molecule has 2 N–H and O–H groups in total. The lowest BCUT2D eigenvalue weighted by molar-refractivity contribution is 0.328. The summed E-state index contributed by atoms with van der Waals surface area (Å²) in [4.78, 5) is 8.57. The summed E-state index contributed by atoms with van der Waals surface area (Å²) in [6.07, 6.45) is 8.46. The molecule has 0 aliphatic heterocycles. The fraction of sp³-hybridized carbons (Fsp3) is 0.714. The van der Waals surface area contributed by atoms with Gasteiger partial charge >= 0.3 is 0 Å². The van der Waals surface area contributed by atoms with Crippen molar-refractivity contribution < 1.29 is 0 Å². The highest BCUT2D eigenvalue weighted by Crippen LogP contribution is 2.28. The molecule has 1 saturated carbocycles. The normalized spacial score (nSPS) is 18.4. The van der Waals surface area contributed by atoms with Crippen molar-refractivity contribution in [1.82, 2.24) is 9.97 Å². The molecule has 1 unspecified atom stereocenters. The molecular weight excluding hydrogens is 224 g/mol. The molecule has 18 heavy (non-hydrogen) atoms. The van der Waals surface area contributed by atoms with Crippen LogP contribution in [0.15, 0.2) is 6.33 Å². The minimum absolute atomic E-state index is 0.489. The van der Waals surface area contributed by atoms with E-state index in [1.165, 1.54) is 32.1 Å². The van der Waals surface area contributed by atoms with E-state index in [9.17, 15) is 0 Å². The van der Waals surface area contributed by atoms with E-state index in [0.717, 1.165) is 23.1 Å². The van der Waals surface area contributed by atoms with Gasteiger partial charge in [0.1, 0.15) is 18.0 Å². The van der Waals surface area contributed by atoms with Gasteiger partial charge in [0.15, 0.2) is 0 Å². The van der Waals surface area contributed by atoms with Crippen molar-refractivity contribution in [2.45, 2.75) is 52.0 Å². The summed E-state index contributed by atoms with van der Waals surface area (Å²) in [5.74, 6) is 2.65.